The standard InChI is InChI=1S/C13H15ClN2OS/c1-8(15)10-3-4-13(12(14)5-10)17-7-11-6-16-9(2)18-11/h3-6,8H,7,15H2,1-2H3/t8-/m1/s1. The van der Waals surface area contributed by atoms with Gasteiger partial charge in [-0.25, -0.2) is 4.98 Å². The molecule has 1 aromatic carbocycles. The summed E-state index contributed by atoms with van der Waals surface area (Å²) in [5, 5.41) is 1.62. The maximum absolute atomic E-state index is 6.15. The predicted molar refractivity (Wildman–Crippen MR) is 75.2 cm³/mol. The molecular formula is C13H15ClN2OS. The molecule has 1 aromatic heterocycles. The maximum Gasteiger partial charge on any atom is 0.138 e. The highest BCUT2D eigenvalue weighted by atomic mass is 35.5. The number of ether oxygens (including phenoxy) is 1. The second-order valence-electron chi connectivity index (χ2n) is 4.11. The van der Waals surface area contributed by atoms with Crippen molar-refractivity contribution in [2.45, 2.75) is 26.5 Å². The van der Waals surface area contributed by atoms with E-state index in [0.717, 1.165) is 15.4 Å². The summed E-state index contributed by atoms with van der Waals surface area (Å²) in [6.07, 6.45) is 1.82. The molecule has 0 fully saturated rings. The van der Waals surface area contributed by atoms with E-state index in [-0.39, 0.29) is 6.04 Å². The quantitative estimate of drug-likeness (QED) is 0.930. The van der Waals surface area contributed by atoms with Gasteiger partial charge in [-0.3, -0.25) is 0 Å². The van der Waals surface area contributed by atoms with Crippen molar-refractivity contribution >= 4 is 22.9 Å². The number of thiazole rings is 1. The summed E-state index contributed by atoms with van der Waals surface area (Å²) in [6.45, 7) is 4.38. The summed E-state index contributed by atoms with van der Waals surface area (Å²) in [6, 6.07) is 5.61. The molecular weight excluding hydrogens is 268 g/mol. The van der Waals surface area contributed by atoms with Gasteiger partial charge in [0.2, 0.25) is 0 Å². The first-order chi connectivity index (χ1) is 8.56. The van der Waals surface area contributed by atoms with Gasteiger partial charge in [-0.2, -0.15) is 0 Å². The molecule has 0 unspecified atom stereocenters. The lowest BCUT2D eigenvalue weighted by Gasteiger charge is -2.10. The van der Waals surface area contributed by atoms with Crippen molar-refractivity contribution in [1.82, 2.24) is 4.98 Å². The summed E-state index contributed by atoms with van der Waals surface area (Å²) in [4.78, 5) is 5.26. The van der Waals surface area contributed by atoms with E-state index in [4.69, 9.17) is 22.1 Å². The molecule has 2 N–H and O–H groups in total. The Kier molecular flexibility index (Phi) is 4.22. The fourth-order valence-corrected chi connectivity index (χ4v) is 2.49. The lowest BCUT2D eigenvalue weighted by molar-refractivity contribution is 0.309. The second-order valence-corrected chi connectivity index (χ2v) is 5.84. The molecule has 3 nitrogen and oxygen atoms in total. The Labute approximate surface area is 116 Å². The van der Waals surface area contributed by atoms with Crippen LogP contribution in [0.5, 0.6) is 5.75 Å². The second kappa shape index (κ2) is 5.69. The molecule has 1 atom stereocenters. The van der Waals surface area contributed by atoms with Gasteiger partial charge in [0, 0.05) is 12.2 Å². The van der Waals surface area contributed by atoms with Crippen LogP contribution in [0.2, 0.25) is 5.02 Å². The average Bonchev–Trinajstić information content (AvgIpc) is 2.73. The van der Waals surface area contributed by atoms with Gasteiger partial charge in [-0.05, 0) is 31.5 Å². The average molecular weight is 283 g/mol. The van der Waals surface area contributed by atoms with Crippen LogP contribution in [-0.2, 0) is 6.61 Å². The molecule has 0 bridgehead atoms. The van der Waals surface area contributed by atoms with Crippen molar-refractivity contribution in [2.75, 3.05) is 0 Å². The highest BCUT2D eigenvalue weighted by Crippen LogP contribution is 2.28. The minimum atomic E-state index is -0.0271. The van der Waals surface area contributed by atoms with Crippen LogP contribution in [0.15, 0.2) is 24.4 Å². The third-order valence-electron chi connectivity index (χ3n) is 2.52. The van der Waals surface area contributed by atoms with Crippen molar-refractivity contribution in [2.24, 2.45) is 5.73 Å². The highest BCUT2D eigenvalue weighted by molar-refractivity contribution is 7.11. The van der Waals surface area contributed by atoms with Gasteiger partial charge in [0.05, 0.1) is 14.9 Å². The van der Waals surface area contributed by atoms with Crippen LogP contribution in [0.25, 0.3) is 0 Å². The number of rotatable bonds is 4. The summed E-state index contributed by atoms with van der Waals surface area (Å²) >= 11 is 7.77. The van der Waals surface area contributed by atoms with Crippen LogP contribution < -0.4 is 10.5 Å². The van der Waals surface area contributed by atoms with Gasteiger partial charge in [0.25, 0.3) is 0 Å². The molecule has 0 aliphatic carbocycles. The molecule has 0 aliphatic rings. The van der Waals surface area contributed by atoms with Crippen LogP contribution in [-0.4, -0.2) is 4.98 Å². The third-order valence-corrected chi connectivity index (χ3v) is 3.70. The number of hydrogen-bond acceptors (Lipinski definition) is 4. The lowest BCUT2D eigenvalue weighted by atomic mass is 10.1. The van der Waals surface area contributed by atoms with E-state index in [0.29, 0.717) is 17.4 Å². The molecule has 1 heterocycles. The Morgan fingerprint density at radius 3 is 2.83 bits per heavy atom. The van der Waals surface area contributed by atoms with Crippen molar-refractivity contribution in [3.05, 3.63) is 44.9 Å². The van der Waals surface area contributed by atoms with Crippen molar-refractivity contribution in [1.29, 1.82) is 0 Å². The van der Waals surface area contributed by atoms with E-state index in [1.807, 2.05) is 38.2 Å². The van der Waals surface area contributed by atoms with E-state index in [9.17, 15) is 0 Å². The SMILES string of the molecule is Cc1ncc(COc2ccc([C@@H](C)N)cc2Cl)s1. The Balaban J connectivity index is 2.05. The summed E-state index contributed by atoms with van der Waals surface area (Å²) in [5.41, 5.74) is 6.80. The molecule has 0 radical (unpaired) electrons. The number of hydrogen-bond donors (Lipinski definition) is 1. The first-order valence-corrected chi connectivity index (χ1v) is 6.85. The molecule has 0 amide bonds. The van der Waals surface area contributed by atoms with Gasteiger partial charge >= 0.3 is 0 Å². The van der Waals surface area contributed by atoms with E-state index in [1.165, 1.54) is 0 Å². The largest absolute Gasteiger partial charge is 0.486 e. The summed E-state index contributed by atoms with van der Waals surface area (Å²) in [5.74, 6) is 0.673. The zero-order valence-electron chi connectivity index (χ0n) is 10.3. The minimum Gasteiger partial charge on any atom is -0.486 e. The van der Waals surface area contributed by atoms with Gasteiger partial charge in [-0.1, -0.05) is 17.7 Å². The number of nitrogens with zero attached hydrogens (tertiary/aromatic N) is 1. The zero-order chi connectivity index (χ0) is 13.1. The molecule has 0 aliphatic heterocycles. The number of nitrogens with two attached hydrogens (primary N) is 1. The van der Waals surface area contributed by atoms with Crippen LogP contribution in [0, 0.1) is 6.92 Å². The van der Waals surface area contributed by atoms with Crippen molar-refractivity contribution in [3.8, 4) is 5.75 Å². The predicted octanol–water partition coefficient (Wildman–Crippen LogP) is 3.70. The molecule has 0 saturated carbocycles. The van der Waals surface area contributed by atoms with Crippen molar-refractivity contribution < 1.29 is 4.74 Å². The molecule has 18 heavy (non-hydrogen) atoms. The van der Waals surface area contributed by atoms with Crippen molar-refractivity contribution in [3.63, 3.8) is 0 Å². The molecule has 96 valence electrons. The Bertz CT molecular complexity index is 540. The first kappa shape index (κ1) is 13.3. The normalized spacial score (nSPS) is 12.4. The Morgan fingerprint density at radius 1 is 1.50 bits per heavy atom. The molecule has 2 aromatic rings. The third kappa shape index (κ3) is 3.22. The molecule has 0 spiro atoms. The molecule has 0 saturated heterocycles. The molecule has 5 heteroatoms. The topological polar surface area (TPSA) is 48.1 Å². The van der Waals surface area contributed by atoms with Gasteiger partial charge in [0.15, 0.2) is 0 Å². The molecule has 2 rings (SSSR count). The summed E-state index contributed by atoms with van der Waals surface area (Å²) in [7, 11) is 0. The van der Waals surface area contributed by atoms with Crippen LogP contribution in [0.4, 0.5) is 0 Å². The monoisotopic (exact) mass is 282 g/mol. The number of aryl methyl sites for hydroxylation is 1. The van der Waals surface area contributed by atoms with Gasteiger partial charge in [-0.15, -0.1) is 11.3 Å². The van der Waals surface area contributed by atoms with Gasteiger partial charge in [0.1, 0.15) is 12.4 Å². The maximum atomic E-state index is 6.15. The number of halogens is 1. The Morgan fingerprint density at radius 2 is 2.28 bits per heavy atom. The number of benzene rings is 1. The van der Waals surface area contributed by atoms with E-state index in [2.05, 4.69) is 4.98 Å². The van der Waals surface area contributed by atoms with Gasteiger partial charge < -0.3 is 10.5 Å². The minimum absolute atomic E-state index is 0.0271. The first-order valence-electron chi connectivity index (χ1n) is 5.65. The zero-order valence-corrected chi connectivity index (χ0v) is 11.9. The van der Waals surface area contributed by atoms with Crippen LogP contribution in [0.1, 0.15) is 28.4 Å². The van der Waals surface area contributed by atoms with Crippen LogP contribution >= 0.6 is 22.9 Å². The van der Waals surface area contributed by atoms with E-state index < -0.39 is 0 Å². The van der Waals surface area contributed by atoms with E-state index >= 15 is 0 Å². The van der Waals surface area contributed by atoms with E-state index in [1.54, 1.807) is 11.3 Å². The Hall–Kier alpha value is -1.10. The van der Waals surface area contributed by atoms with Crippen LogP contribution in [0.3, 0.4) is 0 Å². The highest BCUT2D eigenvalue weighted by Gasteiger charge is 2.07. The smallest absolute Gasteiger partial charge is 0.138 e. The fourth-order valence-electron chi connectivity index (χ4n) is 1.54. The lowest BCUT2D eigenvalue weighted by Crippen LogP contribution is -2.05. The fraction of sp³-hybridized carbons (Fsp3) is 0.308. The number of aromatic nitrogens is 1. The summed E-state index contributed by atoms with van der Waals surface area (Å²) < 4.78 is 5.67.